The fourth-order valence-electron chi connectivity index (χ4n) is 3.17. The summed E-state index contributed by atoms with van der Waals surface area (Å²) >= 11 is 1.17. The number of rotatable bonds is 5. The SMILES string of the molecule is O=S(=O)(Nc1ccc2c(c1)CN(S(=O)(=O)c1cccs1)CC2)c1ccc(F)cc1. The van der Waals surface area contributed by atoms with Gasteiger partial charge in [0, 0.05) is 18.8 Å². The summed E-state index contributed by atoms with van der Waals surface area (Å²) < 4.78 is 67.8. The van der Waals surface area contributed by atoms with E-state index >= 15 is 0 Å². The molecule has 2 aromatic carbocycles. The van der Waals surface area contributed by atoms with Gasteiger partial charge in [-0.2, -0.15) is 4.31 Å². The number of nitrogens with zero attached hydrogens (tertiary/aromatic N) is 1. The van der Waals surface area contributed by atoms with Crippen molar-refractivity contribution in [1.82, 2.24) is 4.31 Å². The van der Waals surface area contributed by atoms with Gasteiger partial charge in [0.1, 0.15) is 10.0 Å². The van der Waals surface area contributed by atoms with Crippen LogP contribution in [0, 0.1) is 5.82 Å². The maximum atomic E-state index is 13.1. The minimum atomic E-state index is -3.88. The first-order valence-electron chi connectivity index (χ1n) is 8.69. The van der Waals surface area contributed by atoms with Crippen LogP contribution >= 0.6 is 11.3 Å². The van der Waals surface area contributed by atoms with E-state index in [-0.39, 0.29) is 15.6 Å². The smallest absolute Gasteiger partial charge is 0.261 e. The molecule has 0 radical (unpaired) electrons. The Labute approximate surface area is 172 Å². The summed E-state index contributed by atoms with van der Waals surface area (Å²) in [5.41, 5.74) is 2.05. The van der Waals surface area contributed by atoms with Crippen LogP contribution in [0.2, 0.25) is 0 Å². The molecule has 1 aliphatic rings. The fourth-order valence-corrected chi connectivity index (χ4v) is 6.78. The molecule has 2 heterocycles. The van der Waals surface area contributed by atoms with Gasteiger partial charge in [-0.05, 0) is 65.4 Å². The van der Waals surface area contributed by atoms with Gasteiger partial charge in [-0.25, -0.2) is 21.2 Å². The number of halogens is 1. The van der Waals surface area contributed by atoms with E-state index in [0.717, 1.165) is 23.3 Å². The van der Waals surface area contributed by atoms with Gasteiger partial charge in [-0.3, -0.25) is 4.72 Å². The summed E-state index contributed by atoms with van der Waals surface area (Å²) in [6, 6.07) is 12.9. The summed E-state index contributed by atoms with van der Waals surface area (Å²) in [5.74, 6) is -0.523. The third kappa shape index (κ3) is 4.06. The van der Waals surface area contributed by atoms with Gasteiger partial charge in [-0.15, -0.1) is 11.3 Å². The monoisotopic (exact) mass is 452 g/mol. The number of thiophene rings is 1. The quantitative estimate of drug-likeness (QED) is 0.643. The molecule has 4 rings (SSSR count). The average molecular weight is 453 g/mol. The lowest BCUT2D eigenvalue weighted by atomic mass is 10.0. The highest BCUT2D eigenvalue weighted by atomic mass is 32.2. The lowest BCUT2D eigenvalue weighted by Gasteiger charge is -2.28. The fraction of sp³-hybridized carbons (Fsp3) is 0.158. The lowest BCUT2D eigenvalue weighted by molar-refractivity contribution is 0.392. The first-order chi connectivity index (χ1) is 13.8. The predicted molar refractivity (Wildman–Crippen MR) is 109 cm³/mol. The molecule has 29 heavy (non-hydrogen) atoms. The van der Waals surface area contributed by atoms with Gasteiger partial charge in [-0.1, -0.05) is 12.1 Å². The highest BCUT2D eigenvalue weighted by molar-refractivity contribution is 7.92. The molecule has 0 fully saturated rings. The normalized spacial score (nSPS) is 15.1. The molecule has 1 aliphatic heterocycles. The summed E-state index contributed by atoms with van der Waals surface area (Å²) in [7, 11) is -7.46. The maximum Gasteiger partial charge on any atom is 0.261 e. The third-order valence-corrected chi connectivity index (χ3v) is 9.26. The Balaban J connectivity index is 1.58. The summed E-state index contributed by atoms with van der Waals surface area (Å²) in [5, 5.41) is 1.72. The molecule has 0 saturated carbocycles. The van der Waals surface area contributed by atoms with Gasteiger partial charge < -0.3 is 0 Å². The Morgan fingerprint density at radius 3 is 2.41 bits per heavy atom. The van der Waals surface area contributed by atoms with Crippen LogP contribution in [0.15, 0.2) is 69.1 Å². The van der Waals surface area contributed by atoms with E-state index in [1.54, 1.807) is 35.7 Å². The van der Waals surface area contributed by atoms with Crippen LogP contribution in [0.5, 0.6) is 0 Å². The first-order valence-corrected chi connectivity index (χ1v) is 12.5. The second-order valence-corrected chi connectivity index (χ2v) is 11.4. The van der Waals surface area contributed by atoms with Crippen molar-refractivity contribution >= 4 is 37.1 Å². The van der Waals surface area contributed by atoms with Gasteiger partial charge in [0.15, 0.2) is 0 Å². The second kappa shape index (κ2) is 7.52. The molecule has 0 spiro atoms. The Bertz CT molecular complexity index is 1240. The van der Waals surface area contributed by atoms with Crippen molar-refractivity contribution in [2.24, 2.45) is 0 Å². The lowest BCUT2D eigenvalue weighted by Crippen LogP contribution is -2.35. The number of sulfonamides is 2. The third-order valence-electron chi connectivity index (χ3n) is 4.65. The highest BCUT2D eigenvalue weighted by Crippen LogP contribution is 2.29. The summed E-state index contributed by atoms with van der Waals surface area (Å²) in [4.78, 5) is -0.0569. The summed E-state index contributed by atoms with van der Waals surface area (Å²) in [6.07, 6.45) is 0.547. The van der Waals surface area contributed by atoms with Crippen molar-refractivity contribution in [2.75, 3.05) is 11.3 Å². The molecule has 0 aliphatic carbocycles. The van der Waals surface area contributed by atoms with Crippen molar-refractivity contribution < 1.29 is 21.2 Å². The molecular formula is C19H17FN2O4S3. The molecule has 1 aromatic heterocycles. The van der Waals surface area contributed by atoms with E-state index in [1.807, 2.05) is 0 Å². The van der Waals surface area contributed by atoms with Crippen LogP contribution in [0.4, 0.5) is 10.1 Å². The molecule has 0 amide bonds. The Hall–Kier alpha value is -2.27. The second-order valence-electron chi connectivity index (χ2n) is 6.56. The number of fused-ring (bicyclic) bond motifs is 1. The van der Waals surface area contributed by atoms with Crippen LogP contribution in [-0.2, 0) is 33.0 Å². The Morgan fingerprint density at radius 2 is 1.72 bits per heavy atom. The zero-order chi connectivity index (χ0) is 20.6. The molecule has 3 aromatic rings. The van der Waals surface area contributed by atoms with Gasteiger partial charge in [0.05, 0.1) is 4.90 Å². The maximum absolute atomic E-state index is 13.1. The molecule has 0 bridgehead atoms. The van der Waals surface area contributed by atoms with Crippen molar-refractivity contribution in [2.45, 2.75) is 22.1 Å². The molecular weight excluding hydrogens is 435 g/mol. The largest absolute Gasteiger partial charge is 0.280 e. The van der Waals surface area contributed by atoms with Crippen molar-refractivity contribution in [3.8, 4) is 0 Å². The highest BCUT2D eigenvalue weighted by Gasteiger charge is 2.29. The molecule has 0 saturated heterocycles. The molecule has 0 atom stereocenters. The predicted octanol–water partition coefficient (Wildman–Crippen LogP) is 3.44. The van der Waals surface area contributed by atoms with Crippen LogP contribution < -0.4 is 4.72 Å². The molecule has 0 unspecified atom stereocenters. The van der Waals surface area contributed by atoms with Gasteiger partial charge in [0.25, 0.3) is 20.0 Å². The van der Waals surface area contributed by atoms with E-state index in [9.17, 15) is 21.2 Å². The van der Waals surface area contributed by atoms with Crippen LogP contribution in [0.3, 0.4) is 0 Å². The van der Waals surface area contributed by atoms with Gasteiger partial charge >= 0.3 is 0 Å². The van der Waals surface area contributed by atoms with Crippen molar-refractivity contribution in [3.05, 3.63) is 76.9 Å². The first kappa shape index (κ1) is 20.0. The van der Waals surface area contributed by atoms with E-state index in [4.69, 9.17) is 0 Å². The number of anilines is 1. The van der Waals surface area contributed by atoms with E-state index in [2.05, 4.69) is 4.72 Å². The average Bonchev–Trinajstić information content (AvgIpc) is 3.23. The Kier molecular flexibility index (Phi) is 5.19. The molecule has 152 valence electrons. The number of nitrogens with one attached hydrogen (secondary N) is 1. The van der Waals surface area contributed by atoms with Crippen LogP contribution in [-0.4, -0.2) is 27.7 Å². The minimum Gasteiger partial charge on any atom is -0.280 e. The summed E-state index contributed by atoms with van der Waals surface area (Å²) in [6.45, 7) is 0.537. The van der Waals surface area contributed by atoms with Crippen molar-refractivity contribution in [1.29, 1.82) is 0 Å². The van der Waals surface area contributed by atoms with E-state index in [0.29, 0.717) is 18.7 Å². The molecule has 10 heteroatoms. The van der Waals surface area contributed by atoms with E-state index in [1.165, 1.54) is 27.8 Å². The van der Waals surface area contributed by atoms with Crippen LogP contribution in [0.1, 0.15) is 11.1 Å². The van der Waals surface area contributed by atoms with Crippen LogP contribution in [0.25, 0.3) is 0 Å². The van der Waals surface area contributed by atoms with Crippen molar-refractivity contribution in [3.63, 3.8) is 0 Å². The minimum absolute atomic E-state index is 0.0569. The standard InChI is InChI=1S/C19H17FN2O4S3/c20-16-4-7-18(8-5-16)28(23,24)21-17-6-3-14-9-10-22(13-15(14)12-17)29(25,26)19-2-1-11-27-19/h1-8,11-12,21H,9-10,13H2. The number of hydrogen-bond donors (Lipinski definition) is 1. The molecule has 6 nitrogen and oxygen atoms in total. The number of benzene rings is 2. The number of hydrogen-bond acceptors (Lipinski definition) is 5. The topological polar surface area (TPSA) is 83.6 Å². The van der Waals surface area contributed by atoms with E-state index < -0.39 is 25.9 Å². The zero-order valence-corrected chi connectivity index (χ0v) is 17.5. The Morgan fingerprint density at radius 1 is 0.966 bits per heavy atom. The zero-order valence-electron chi connectivity index (χ0n) is 15.1. The molecule has 1 N–H and O–H groups in total. The van der Waals surface area contributed by atoms with Gasteiger partial charge in [0.2, 0.25) is 0 Å².